The van der Waals surface area contributed by atoms with Gasteiger partial charge in [-0.1, -0.05) is 36.4 Å². The Morgan fingerprint density at radius 3 is 2.36 bits per heavy atom. The summed E-state index contributed by atoms with van der Waals surface area (Å²) in [5, 5.41) is 0.188. The number of likely N-dealkylation sites (N-methyl/N-ethyl adjacent to an activating group) is 1. The average molecular weight is 392 g/mol. The Hall–Kier alpha value is -3.12. The first kappa shape index (κ1) is 18.3. The largest absolute Gasteiger partial charge is 0.439 e. The molecule has 0 atom stereocenters. The van der Waals surface area contributed by atoms with Crippen LogP contribution in [0.5, 0.6) is 5.75 Å². The molecule has 2 aromatic rings. The van der Waals surface area contributed by atoms with Crippen LogP contribution in [0, 0.1) is 0 Å². The lowest BCUT2D eigenvalue weighted by atomic mass is 10.0. The fourth-order valence-corrected chi connectivity index (χ4v) is 3.60. The molecule has 0 radical (unpaired) electrons. The van der Waals surface area contributed by atoms with Crippen LogP contribution >= 0.6 is 12.2 Å². The van der Waals surface area contributed by atoms with E-state index in [0.717, 1.165) is 29.1 Å². The number of allylic oxidation sites excluding steroid dienone is 2. The van der Waals surface area contributed by atoms with Crippen LogP contribution in [0.3, 0.4) is 0 Å². The van der Waals surface area contributed by atoms with Crippen LogP contribution in [-0.4, -0.2) is 29.1 Å². The summed E-state index contributed by atoms with van der Waals surface area (Å²) in [5.74, 6) is 1.41. The molecule has 1 fully saturated rings. The summed E-state index contributed by atoms with van der Waals surface area (Å²) in [4.78, 5) is 15.8. The van der Waals surface area contributed by atoms with E-state index >= 15 is 0 Å². The maximum Gasteiger partial charge on any atom is 0.297 e. The Balaban J connectivity index is 1.63. The number of carbonyl (C=O) groups excluding carboxylic acids is 1. The third-order valence-corrected chi connectivity index (χ3v) is 5.02. The summed E-state index contributed by atoms with van der Waals surface area (Å²) in [7, 11) is 0. The monoisotopic (exact) mass is 392 g/mol. The zero-order valence-corrected chi connectivity index (χ0v) is 16.5. The molecule has 0 unspecified atom stereocenters. The molecule has 0 saturated carbocycles. The van der Waals surface area contributed by atoms with Crippen molar-refractivity contribution in [2.24, 2.45) is 0 Å². The lowest BCUT2D eigenvalue weighted by molar-refractivity contribution is -0.122. The number of hydrogen-bond acceptors (Lipinski definition) is 5. The second-order valence-corrected chi connectivity index (χ2v) is 6.70. The lowest BCUT2D eigenvalue weighted by Crippen LogP contribution is -2.27. The highest BCUT2D eigenvalue weighted by molar-refractivity contribution is 7.80. The number of thiocarbonyl (C=S) groups is 1. The normalized spacial score (nSPS) is 18.6. The van der Waals surface area contributed by atoms with Gasteiger partial charge in [0, 0.05) is 19.2 Å². The van der Waals surface area contributed by atoms with Crippen LogP contribution in [-0.2, 0) is 9.53 Å². The van der Waals surface area contributed by atoms with E-state index in [4.69, 9.17) is 21.7 Å². The lowest BCUT2D eigenvalue weighted by Gasteiger charge is -2.15. The average Bonchev–Trinajstić information content (AvgIpc) is 3.21. The van der Waals surface area contributed by atoms with Crippen LogP contribution < -0.4 is 9.64 Å². The van der Waals surface area contributed by atoms with E-state index in [1.165, 1.54) is 4.90 Å². The molecule has 6 heteroatoms. The summed E-state index contributed by atoms with van der Waals surface area (Å²) >= 11 is 5.09. The first-order valence-corrected chi connectivity index (χ1v) is 9.63. The van der Waals surface area contributed by atoms with Gasteiger partial charge in [-0.05, 0) is 55.4 Å². The molecule has 1 saturated heterocycles. The minimum atomic E-state index is -0.228. The van der Waals surface area contributed by atoms with Crippen molar-refractivity contribution < 1.29 is 14.3 Å². The van der Waals surface area contributed by atoms with Crippen LogP contribution in [0.2, 0.25) is 0 Å². The highest BCUT2D eigenvalue weighted by Gasteiger charge is 2.32. The Bertz CT molecular complexity index is 998. The van der Waals surface area contributed by atoms with Gasteiger partial charge in [0.25, 0.3) is 11.1 Å². The van der Waals surface area contributed by atoms with Crippen LogP contribution in [0.1, 0.15) is 13.8 Å². The second-order valence-electron chi connectivity index (χ2n) is 6.35. The van der Waals surface area contributed by atoms with Crippen LogP contribution in [0.15, 0.2) is 72.3 Å². The molecule has 2 aliphatic heterocycles. The van der Waals surface area contributed by atoms with E-state index < -0.39 is 0 Å². The maximum atomic E-state index is 12.3. The molecule has 2 aliphatic rings. The first-order chi connectivity index (χ1) is 13.6. The molecular weight excluding hydrogens is 372 g/mol. The van der Waals surface area contributed by atoms with Gasteiger partial charge in [-0.3, -0.25) is 9.69 Å². The van der Waals surface area contributed by atoms with E-state index in [1.54, 1.807) is 12.2 Å². The number of benzene rings is 2. The molecule has 0 bridgehead atoms. The van der Waals surface area contributed by atoms with Crippen molar-refractivity contribution >= 4 is 29.0 Å². The van der Waals surface area contributed by atoms with Gasteiger partial charge < -0.3 is 14.4 Å². The third-order valence-electron chi connectivity index (χ3n) is 4.72. The number of anilines is 1. The maximum absolute atomic E-state index is 12.3. The number of nitrogens with zero attached hydrogens (tertiary/aromatic N) is 2. The minimum absolute atomic E-state index is 0.188. The van der Waals surface area contributed by atoms with Gasteiger partial charge in [-0.15, -0.1) is 0 Å². The fourth-order valence-electron chi connectivity index (χ4n) is 3.30. The summed E-state index contributed by atoms with van der Waals surface area (Å²) in [6.07, 6.45) is 3.37. The van der Waals surface area contributed by atoms with Crippen molar-refractivity contribution in [2.45, 2.75) is 13.8 Å². The number of rotatable bonds is 4. The summed E-state index contributed by atoms with van der Waals surface area (Å²) in [5.41, 5.74) is 3.27. The Morgan fingerprint density at radius 1 is 0.929 bits per heavy atom. The molecule has 142 valence electrons. The predicted molar refractivity (Wildman–Crippen MR) is 113 cm³/mol. The van der Waals surface area contributed by atoms with Gasteiger partial charge in [0.05, 0.1) is 5.69 Å². The summed E-state index contributed by atoms with van der Waals surface area (Å²) in [6.45, 7) is 5.13. The van der Waals surface area contributed by atoms with Gasteiger partial charge in [-0.2, -0.15) is 0 Å². The molecule has 1 amide bonds. The minimum Gasteiger partial charge on any atom is -0.439 e. The predicted octanol–water partition coefficient (Wildman–Crippen LogP) is 4.46. The topological polar surface area (TPSA) is 42.0 Å². The van der Waals surface area contributed by atoms with E-state index in [0.29, 0.717) is 12.4 Å². The van der Waals surface area contributed by atoms with Gasteiger partial charge >= 0.3 is 0 Å². The van der Waals surface area contributed by atoms with E-state index in [2.05, 4.69) is 30.0 Å². The summed E-state index contributed by atoms with van der Waals surface area (Å²) < 4.78 is 11.4. The van der Waals surface area contributed by atoms with Crippen molar-refractivity contribution in [1.29, 1.82) is 0 Å². The molecule has 4 rings (SSSR count). The molecule has 2 heterocycles. The van der Waals surface area contributed by atoms with Gasteiger partial charge in [0.2, 0.25) is 5.88 Å². The number of fused-ring (bicyclic) bond motifs is 1. The molecule has 28 heavy (non-hydrogen) atoms. The molecule has 0 N–H and O–H groups in total. The number of hydrogen-bond donors (Lipinski definition) is 0. The number of ether oxygens (including phenoxy) is 2. The zero-order chi connectivity index (χ0) is 19.7. The van der Waals surface area contributed by atoms with Crippen LogP contribution in [0.25, 0.3) is 11.1 Å². The second kappa shape index (κ2) is 7.48. The Labute approximate surface area is 169 Å². The SMILES string of the molecule is CCN1C(=O)C(=CC=C2Oc3ccc(-c4ccccc4)cc3N2CC)OC1=S. The molecular formula is C22H20N2O3S. The van der Waals surface area contributed by atoms with Crippen molar-refractivity contribution in [3.05, 3.63) is 72.3 Å². The highest BCUT2D eigenvalue weighted by Crippen LogP contribution is 2.41. The van der Waals surface area contributed by atoms with Gasteiger partial charge in [0.1, 0.15) is 0 Å². The number of amides is 1. The number of carbonyl (C=O) groups is 1. The standard InChI is InChI=1S/C22H20N2O3S/c1-3-23-17-14-16(15-8-6-5-7-9-15)10-11-18(17)26-20(23)13-12-19-21(25)24(4-2)22(28)27-19/h5-14H,3-4H2,1-2H3. The smallest absolute Gasteiger partial charge is 0.297 e. The third kappa shape index (κ3) is 3.16. The Morgan fingerprint density at radius 2 is 1.68 bits per heavy atom. The zero-order valence-electron chi connectivity index (χ0n) is 15.7. The summed E-state index contributed by atoms with van der Waals surface area (Å²) in [6, 6.07) is 16.4. The van der Waals surface area contributed by atoms with Crippen LogP contribution in [0.4, 0.5) is 5.69 Å². The molecule has 2 aromatic carbocycles. The molecule has 0 aliphatic carbocycles. The molecule has 0 spiro atoms. The quantitative estimate of drug-likeness (QED) is 0.568. The van der Waals surface area contributed by atoms with Crippen molar-refractivity contribution in [1.82, 2.24) is 4.90 Å². The highest BCUT2D eigenvalue weighted by atomic mass is 32.1. The van der Waals surface area contributed by atoms with Gasteiger partial charge in [-0.25, -0.2) is 0 Å². The van der Waals surface area contributed by atoms with Gasteiger partial charge in [0.15, 0.2) is 11.5 Å². The van der Waals surface area contributed by atoms with E-state index in [1.807, 2.05) is 37.3 Å². The van der Waals surface area contributed by atoms with Crippen molar-refractivity contribution in [3.8, 4) is 16.9 Å². The van der Waals surface area contributed by atoms with E-state index in [9.17, 15) is 4.79 Å². The first-order valence-electron chi connectivity index (χ1n) is 9.23. The van der Waals surface area contributed by atoms with E-state index in [-0.39, 0.29) is 16.8 Å². The molecule has 0 aromatic heterocycles. The van der Waals surface area contributed by atoms with Crippen molar-refractivity contribution in [3.63, 3.8) is 0 Å². The Kier molecular flexibility index (Phi) is 4.88. The van der Waals surface area contributed by atoms with Crippen molar-refractivity contribution in [2.75, 3.05) is 18.0 Å². The molecule has 5 nitrogen and oxygen atoms in total. The fraction of sp³-hybridized carbons (Fsp3) is 0.182.